The van der Waals surface area contributed by atoms with Crippen molar-refractivity contribution in [2.24, 2.45) is 0 Å². The Kier molecular flexibility index (Phi) is 4.96. The first-order chi connectivity index (χ1) is 8.04. The number of carbonyl (C=O) groups is 2. The first-order valence-electron chi connectivity index (χ1n) is 5.59. The van der Waals surface area contributed by atoms with E-state index in [4.69, 9.17) is 5.11 Å². The van der Waals surface area contributed by atoms with E-state index in [9.17, 15) is 9.59 Å². The molecule has 0 aromatic rings. The molecule has 1 saturated heterocycles. The zero-order valence-corrected chi connectivity index (χ0v) is 10.1. The van der Waals surface area contributed by atoms with Gasteiger partial charge >= 0.3 is 12.0 Å². The Balaban J connectivity index is 2.38. The SMILES string of the molecule is C=CCN(C)C(=O)N1CCN(CC(=O)O)CC1. The number of carboxylic acid groups (broad SMARTS) is 1. The standard InChI is InChI=1S/C11H19N3O3/c1-3-4-12(2)11(17)14-7-5-13(6-8-14)9-10(15)16/h3H,1,4-9H2,2H3,(H,15,16). The minimum atomic E-state index is -0.825. The van der Waals surface area contributed by atoms with Gasteiger partial charge in [-0.2, -0.15) is 0 Å². The van der Waals surface area contributed by atoms with Gasteiger partial charge in [0.25, 0.3) is 0 Å². The monoisotopic (exact) mass is 241 g/mol. The van der Waals surface area contributed by atoms with Crippen LogP contribution in [0.5, 0.6) is 0 Å². The summed E-state index contributed by atoms with van der Waals surface area (Å²) in [4.78, 5) is 27.6. The molecule has 0 unspecified atom stereocenters. The third-order valence-electron chi connectivity index (χ3n) is 2.73. The number of nitrogens with zero attached hydrogens (tertiary/aromatic N) is 3. The zero-order chi connectivity index (χ0) is 12.8. The van der Waals surface area contributed by atoms with Crippen LogP contribution in [0.15, 0.2) is 12.7 Å². The highest BCUT2D eigenvalue weighted by Gasteiger charge is 2.23. The van der Waals surface area contributed by atoms with Crippen LogP contribution in [-0.2, 0) is 4.79 Å². The molecule has 2 amide bonds. The Morgan fingerprint density at radius 1 is 1.35 bits per heavy atom. The molecule has 17 heavy (non-hydrogen) atoms. The van der Waals surface area contributed by atoms with E-state index in [0.717, 1.165) is 0 Å². The highest BCUT2D eigenvalue weighted by Crippen LogP contribution is 2.04. The van der Waals surface area contributed by atoms with E-state index in [-0.39, 0.29) is 12.6 Å². The predicted octanol–water partition coefficient (Wildman–Crippen LogP) is -0.0736. The van der Waals surface area contributed by atoms with E-state index in [2.05, 4.69) is 6.58 Å². The normalized spacial score (nSPS) is 16.6. The van der Waals surface area contributed by atoms with Gasteiger partial charge in [0.1, 0.15) is 0 Å². The Labute approximate surface area is 101 Å². The molecule has 1 rings (SSSR count). The fraction of sp³-hybridized carbons (Fsp3) is 0.636. The van der Waals surface area contributed by atoms with Gasteiger partial charge in [-0.05, 0) is 0 Å². The van der Waals surface area contributed by atoms with Gasteiger partial charge in [0.2, 0.25) is 0 Å². The molecule has 0 saturated carbocycles. The summed E-state index contributed by atoms with van der Waals surface area (Å²) in [6.45, 7) is 6.53. The molecule has 0 aromatic carbocycles. The van der Waals surface area contributed by atoms with E-state index < -0.39 is 5.97 Å². The average molecular weight is 241 g/mol. The van der Waals surface area contributed by atoms with Crippen molar-refractivity contribution in [1.29, 1.82) is 0 Å². The summed E-state index contributed by atoms with van der Waals surface area (Å²) < 4.78 is 0. The second kappa shape index (κ2) is 6.24. The molecular weight excluding hydrogens is 222 g/mol. The smallest absolute Gasteiger partial charge is 0.320 e. The van der Waals surface area contributed by atoms with Crippen LogP contribution in [-0.4, -0.2) is 78.1 Å². The summed E-state index contributed by atoms with van der Waals surface area (Å²) in [6.07, 6.45) is 1.68. The van der Waals surface area contributed by atoms with Crippen molar-refractivity contribution in [2.45, 2.75) is 0 Å². The second-order valence-corrected chi connectivity index (χ2v) is 4.11. The Hall–Kier alpha value is -1.56. The lowest BCUT2D eigenvalue weighted by molar-refractivity contribution is -0.138. The molecule has 0 spiro atoms. The molecule has 0 aliphatic carbocycles. The van der Waals surface area contributed by atoms with Gasteiger partial charge in [0, 0.05) is 39.8 Å². The number of likely N-dealkylation sites (N-methyl/N-ethyl adjacent to an activating group) is 1. The Morgan fingerprint density at radius 2 is 1.94 bits per heavy atom. The third-order valence-corrected chi connectivity index (χ3v) is 2.73. The van der Waals surface area contributed by atoms with Crippen LogP contribution >= 0.6 is 0 Å². The number of amides is 2. The number of rotatable bonds is 4. The maximum Gasteiger partial charge on any atom is 0.320 e. The van der Waals surface area contributed by atoms with E-state index >= 15 is 0 Å². The first kappa shape index (κ1) is 13.5. The molecular formula is C11H19N3O3. The van der Waals surface area contributed by atoms with Gasteiger partial charge < -0.3 is 14.9 Å². The van der Waals surface area contributed by atoms with Gasteiger partial charge in [-0.15, -0.1) is 6.58 Å². The maximum atomic E-state index is 11.9. The number of carboxylic acids is 1. The van der Waals surface area contributed by atoms with Crippen molar-refractivity contribution < 1.29 is 14.7 Å². The average Bonchev–Trinajstić information content (AvgIpc) is 2.28. The van der Waals surface area contributed by atoms with Crippen LogP contribution in [0.4, 0.5) is 4.79 Å². The van der Waals surface area contributed by atoms with Gasteiger partial charge in [0.05, 0.1) is 6.54 Å². The maximum absolute atomic E-state index is 11.9. The topological polar surface area (TPSA) is 64.1 Å². The number of urea groups is 1. The van der Waals surface area contributed by atoms with Crippen molar-refractivity contribution in [3.05, 3.63) is 12.7 Å². The fourth-order valence-electron chi connectivity index (χ4n) is 1.80. The van der Waals surface area contributed by atoms with Crippen molar-refractivity contribution in [2.75, 3.05) is 46.3 Å². The lowest BCUT2D eigenvalue weighted by atomic mass is 10.3. The number of hydrogen-bond donors (Lipinski definition) is 1. The van der Waals surface area contributed by atoms with Crippen LogP contribution in [0.1, 0.15) is 0 Å². The fourth-order valence-corrected chi connectivity index (χ4v) is 1.80. The molecule has 0 radical (unpaired) electrons. The minimum Gasteiger partial charge on any atom is -0.480 e. The van der Waals surface area contributed by atoms with E-state index in [1.807, 2.05) is 4.90 Å². The third kappa shape index (κ3) is 4.07. The van der Waals surface area contributed by atoms with Crippen LogP contribution in [0, 0.1) is 0 Å². The summed E-state index contributed by atoms with van der Waals surface area (Å²) in [5.74, 6) is -0.825. The molecule has 1 fully saturated rings. The van der Waals surface area contributed by atoms with Gasteiger partial charge in [-0.3, -0.25) is 9.69 Å². The van der Waals surface area contributed by atoms with Crippen molar-refractivity contribution in [1.82, 2.24) is 14.7 Å². The van der Waals surface area contributed by atoms with E-state index in [0.29, 0.717) is 32.7 Å². The number of carbonyl (C=O) groups excluding carboxylic acids is 1. The first-order valence-corrected chi connectivity index (χ1v) is 5.59. The van der Waals surface area contributed by atoms with Crippen molar-refractivity contribution in [3.63, 3.8) is 0 Å². The van der Waals surface area contributed by atoms with Crippen LogP contribution in [0.3, 0.4) is 0 Å². The van der Waals surface area contributed by atoms with Crippen LogP contribution in [0.2, 0.25) is 0 Å². The molecule has 96 valence electrons. The van der Waals surface area contributed by atoms with E-state index in [1.165, 1.54) is 0 Å². The quantitative estimate of drug-likeness (QED) is 0.700. The van der Waals surface area contributed by atoms with Gasteiger partial charge in [-0.1, -0.05) is 6.08 Å². The highest BCUT2D eigenvalue weighted by molar-refractivity contribution is 5.74. The molecule has 0 bridgehead atoms. The molecule has 1 aliphatic heterocycles. The van der Waals surface area contributed by atoms with Gasteiger partial charge in [-0.25, -0.2) is 4.79 Å². The summed E-state index contributed by atoms with van der Waals surface area (Å²) in [6, 6.07) is -0.0279. The summed E-state index contributed by atoms with van der Waals surface area (Å²) >= 11 is 0. The summed E-state index contributed by atoms with van der Waals surface area (Å²) in [7, 11) is 1.73. The number of hydrogen-bond acceptors (Lipinski definition) is 3. The number of piperazine rings is 1. The largest absolute Gasteiger partial charge is 0.480 e. The van der Waals surface area contributed by atoms with Crippen LogP contribution < -0.4 is 0 Å². The zero-order valence-electron chi connectivity index (χ0n) is 10.1. The Morgan fingerprint density at radius 3 is 2.41 bits per heavy atom. The van der Waals surface area contributed by atoms with Crippen molar-refractivity contribution in [3.8, 4) is 0 Å². The molecule has 6 heteroatoms. The predicted molar refractivity (Wildman–Crippen MR) is 63.9 cm³/mol. The summed E-state index contributed by atoms with van der Waals surface area (Å²) in [5, 5.41) is 8.66. The molecule has 0 atom stereocenters. The van der Waals surface area contributed by atoms with Gasteiger partial charge in [0.15, 0.2) is 0 Å². The molecule has 1 N–H and O–H groups in total. The lowest BCUT2D eigenvalue weighted by Gasteiger charge is -2.35. The molecule has 0 aromatic heterocycles. The van der Waals surface area contributed by atoms with E-state index in [1.54, 1.807) is 22.9 Å². The summed E-state index contributed by atoms with van der Waals surface area (Å²) in [5.41, 5.74) is 0. The minimum absolute atomic E-state index is 0.0279. The molecule has 1 aliphatic rings. The Bertz CT molecular complexity index is 298. The lowest BCUT2D eigenvalue weighted by Crippen LogP contribution is -2.52. The van der Waals surface area contributed by atoms with Crippen LogP contribution in [0.25, 0.3) is 0 Å². The highest BCUT2D eigenvalue weighted by atomic mass is 16.4. The number of aliphatic carboxylic acids is 1. The molecule has 6 nitrogen and oxygen atoms in total. The van der Waals surface area contributed by atoms with Crippen molar-refractivity contribution >= 4 is 12.0 Å². The molecule has 1 heterocycles. The second-order valence-electron chi connectivity index (χ2n) is 4.11.